The minimum absolute atomic E-state index is 0.0116. The van der Waals surface area contributed by atoms with Crippen LogP contribution in [0.2, 0.25) is 0 Å². The van der Waals surface area contributed by atoms with Gasteiger partial charge in [-0.3, -0.25) is 15.0 Å². The van der Waals surface area contributed by atoms with Gasteiger partial charge in [-0.1, -0.05) is 32.1 Å². The van der Waals surface area contributed by atoms with Crippen LogP contribution in [0.1, 0.15) is 61.1 Å². The molecule has 178 valence electrons. The Hall–Kier alpha value is -1.98. The number of nitrogens with one attached hydrogen (secondary N) is 3. The van der Waals surface area contributed by atoms with Gasteiger partial charge in [0.1, 0.15) is 17.9 Å². The summed E-state index contributed by atoms with van der Waals surface area (Å²) in [6, 6.07) is 2.11. The first-order valence-corrected chi connectivity index (χ1v) is 13.8. The zero-order chi connectivity index (χ0) is 23.3. The standard InChI is InChI=1S/C21H33N5O4S2/c1-32(29,30)25-16(12-14-6-3-2-4-7-14)21(28)26-11-5-8-17(26)20(27)24-13-15-9-10-18(31-15)19(22)23/h9-10,14,16-17,25H,2-8,11-13H2,1H3,(H3,22,23)(H,24,27). The molecule has 0 radical (unpaired) electrons. The summed E-state index contributed by atoms with van der Waals surface area (Å²) in [7, 11) is -3.56. The van der Waals surface area contributed by atoms with E-state index in [0.29, 0.717) is 43.1 Å². The third-order valence-electron chi connectivity index (χ3n) is 6.15. The van der Waals surface area contributed by atoms with Gasteiger partial charge in [-0.25, -0.2) is 13.1 Å². The van der Waals surface area contributed by atoms with Crippen molar-refractivity contribution in [1.29, 1.82) is 5.41 Å². The maximum Gasteiger partial charge on any atom is 0.243 e. The van der Waals surface area contributed by atoms with Gasteiger partial charge in [0.25, 0.3) is 0 Å². The summed E-state index contributed by atoms with van der Waals surface area (Å²) in [6.45, 7) is 0.736. The Morgan fingerprint density at radius 2 is 1.94 bits per heavy atom. The number of likely N-dealkylation sites (tertiary alicyclic amines) is 1. The van der Waals surface area contributed by atoms with Crippen molar-refractivity contribution in [2.45, 2.75) is 70.0 Å². The van der Waals surface area contributed by atoms with E-state index < -0.39 is 22.1 Å². The summed E-state index contributed by atoms with van der Waals surface area (Å²) in [4.78, 5) is 29.3. The van der Waals surface area contributed by atoms with E-state index in [4.69, 9.17) is 11.1 Å². The summed E-state index contributed by atoms with van der Waals surface area (Å²) >= 11 is 1.34. The largest absolute Gasteiger partial charge is 0.383 e. The number of amidine groups is 1. The highest BCUT2D eigenvalue weighted by molar-refractivity contribution is 7.88. The minimum atomic E-state index is -3.56. The Labute approximate surface area is 193 Å². The van der Waals surface area contributed by atoms with Gasteiger partial charge in [-0.05, 0) is 37.3 Å². The molecule has 2 amide bonds. The molecule has 2 aliphatic rings. The number of nitrogen functional groups attached to an aromatic ring is 1. The number of thiophene rings is 1. The molecule has 1 saturated heterocycles. The first-order chi connectivity index (χ1) is 15.1. The van der Waals surface area contributed by atoms with Gasteiger partial charge in [0.05, 0.1) is 17.7 Å². The third kappa shape index (κ3) is 6.76. The van der Waals surface area contributed by atoms with Crippen LogP contribution < -0.4 is 15.8 Å². The number of nitrogens with two attached hydrogens (primary N) is 1. The maximum absolute atomic E-state index is 13.3. The van der Waals surface area contributed by atoms with E-state index in [1.54, 1.807) is 6.07 Å². The molecule has 0 aromatic carbocycles. The van der Waals surface area contributed by atoms with E-state index in [2.05, 4.69) is 10.0 Å². The molecule has 32 heavy (non-hydrogen) atoms. The Kier molecular flexibility index (Phi) is 8.29. The molecule has 2 unspecified atom stereocenters. The van der Waals surface area contributed by atoms with E-state index in [1.807, 2.05) is 6.07 Å². The van der Waals surface area contributed by atoms with Gasteiger partial charge in [0.2, 0.25) is 21.8 Å². The van der Waals surface area contributed by atoms with Crippen molar-refractivity contribution in [3.8, 4) is 0 Å². The summed E-state index contributed by atoms with van der Waals surface area (Å²) in [5.41, 5.74) is 5.49. The topological polar surface area (TPSA) is 145 Å². The van der Waals surface area contributed by atoms with Gasteiger partial charge < -0.3 is 16.0 Å². The molecule has 5 N–H and O–H groups in total. The highest BCUT2D eigenvalue weighted by Gasteiger charge is 2.38. The molecular formula is C21H33N5O4S2. The maximum atomic E-state index is 13.3. The monoisotopic (exact) mass is 483 g/mol. The Balaban J connectivity index is 1.65. The van der Waals surface area contributed by atoms with Gasteiger partial charge in [0, 0.05) is 11.4 Å². The quantitative estimate of drug-likeness (QED) is 0.311. The smallest absolute Gasteiger partial charge is 0.243 e. The molecule has 1 aliphatic carbocycles. The lowest BCUT2D eigenvalue weighted by Crippen LogP contribution is -2.53. The van der Waals surface area contributed by atoms with E-state index in [-0.39, 0.29) is 17.6 Å². The average molecular weight is 484 g/mol. The number of carbonyl (C=O) groups excluding carboxylic acids is 2. The summed E-state index contributed by atoms with van der Waals surface area (Å²) in [5, 5.41) is 10.4. The number of hydrogen-bond acceptors (Lipinski definition) is 6. The van der Waals surface area contributed by atoms with Crippen molar-refractivity contribution >= 4 is 39.0 Å². The van der Waals surface area contributed by atoms with Crippen LogP contribution in [0.15, 0.2) is 12.1 Å². The highest BCUT2D eigenvalue weighted by Crippen LogP contribution is 2.29. The second-order valence-electron chi connectivity index (χ2n) is 8.77. The third-order valence-corrected chi connectivity index (χ3v) is 7.98. The van der Waals surface area contributed by atoms with Crippen LogP contribution in [-0.2, 0) is 26.2 Å². The van der Waals surface area contributed by atoms with Crippen LogP contribution in [0, 0.1) is 11.3 Å². The van der Waals surface area contributed by atoms with E-state index >= 15 is 0 Å². The van der Waals surface area contributed by atoms with Crippen molar-refractivity contribution in [2.75, 3.05) is 12.8 Å². The Morgan fingerprint density at radius 1 is 1.22 bits per heavy atom. The van der Waals surface area contributed by atoms with Gasteiger partial charge >= 0.3 is 0 Å². The fourth-order valence-corrected chi connectivity index (χ4v) is 6.15. The molecule has 1 aromatic heterocycles. The molecule has 2 heterocycles. The van der Waals surface area contributed by atoms with Crippen LogP contribution >= 0.6 is 11.3 Å². The SMILES string of the molecule is CS(=O)(=O)NC(CC1CCCCC1)C(=O)N1CCCC1C(=O)NCc1ccc(C(=N)N)s1. The number of nitrogens with zero attached hydrogens (tertiary/aromatic N) is 1. The Morgan fingerprint density at radius 3 is 2.56 bits per heavy atom. The van der Waals surface area contributed by atoms with Crippen LogP contribution in [0.3, 0.4) is 0 Å². The molecule has 1 aromatic rings. The van der Waals surface area contributed by atoms with Crippen LogP contribution in [0.25, 0.3) is 0 Å². The lowest BCUT2D eigenvalue weighted by molar-refractivity contribution is -0.140. The van der Waals surface area contributed by atoms with Crippen molar-refractivity contribution < 1.29 is 18.0 Å². The second-order valence-corrected chi connectivity index (χ2v) is 11.7. The Bertz CT molecular complexity index is 940. The molecular weight excluding hydrogens is 450 g/mol. The summed E-state index contributed by atoms with van der Waals surface area (Å²) in [5.74, 6) is -0.253. The van der Waals surface area contributed by atoms with Gasteiger partial charge in [-0.15, -0.1) is 11.3 Å². The van der Waals surface area contributed by atoms with Crippen molar-refractivity contribution in [3.63, 3.8) is 0 Å². The summed E-state index contributed by atoms with van der Waals surface area (Å²) < 4.78 is 26.4. The van der Waals surface area contributed by atoms with Crippen molar-refractivity contribution in [3.05, 3.63) is 21.9 Å². The zero-order valence-corrected chi connectivity index (χ0v) is 20.1. The lowest BCUT2D eigenvalue weighted by atomic mass is 9.84. The van der Waals surface area contributed by atoms with Gasteiger partial charge in [-0.2, -0.15) is 0 Å². The first kappa shape index (κ1) is 24.7. The predicted molar refractivity (Wildman–Crippen MR) is 125 cm³/mol. The van der Waals surface area contributed by atoms with E-state index in [1.165, 1.54) is 22.7 Å². The number of sulfonamides is 1. The minimum Gasteiger partial charge on any atom is -0.383 e. The zero-order valence-electron chi connectivity index (χ0n) is 18.4. The molecule has 9 nitrogen and oxygen atoms in total. The number of rotatable bonds is 9. The van der Waals surface area contributed by atoms with Crippen LogP contribution in [0.4, 0.5) is 0 Å². The first-order valence-electron chi connectivity index (χ1n) is 11.1. The molecule has 1 saturated carbocycles. The molecule has 3 rings (SSSR count). The molecule has 1 aliphatic heterocycles. The molecule has 2 atom stereocenters. The average Bonchev–Trinajstić information content (AvgIpc) is 3.40. The summed E-state index contributed by atoms with van der Waals surface area (Å²) in [6.07, 6.45) is 8.19. The van der Waals surface area contributed by atoms with E-state index in [0.717, 1.165) is 36.8 Å². The fourth-order valence-electron chi connectivity index (χ4n) is 4.63. The molecule has 0 bridgehead atoms. The molecule has 0 spiro atoms. The van der Waals surface area contributed by atoms with Crippen molar-refractivity contribution in [1.82, 2.24) is 14.9 Å². The highest BCUT2D eigenvalue weighted by atomic mass is 32.2. The second kappa shape index (κ2) is 10.8. The van der Waals surface area contributed by atoms with E-state index in [9.17, 15) is 18.0 Å². The molecule has 11 heteroatoms. The molecule has 2 fully saturated rings. The number of carbonyl (C=O) groups is 2. The van der Waals surface area contributed by atoms with Crippen LogP contribution in [0.5, 0.6) is 0 Å². The number of hydrogen-bond donors (Lipinski definition) is 4. The predicted octanol–water partition coefficient (Wildman–Crippen LogP) is 1.53. The van der Waals surface area contributed by atoms with Gasteiger partial charge in [0.15, 0.2) is 0 Å². The van der Waals surface area contributed by atoms with Crippen LogP contribution in [-0.4, -0.2) is 55.9 Å². The normalized spacial score (nSPS) is 20.8. The lowest BCUT2D eigenvalue weighted by Gasteiger charge is -2.31. The fraction of sp³-hybridized carbons (Fsp3) is 0.667. The number of amides is 2. The van der Waals surface area contributed by atoms with Crippen molar-refractivity contribution in [2.24, 2.45) is 11.7 Å².